The number of thioether (sulfide) groups is 1. The van der Waals surface area contributed by atoms with E-state index in [2.05, 4.69) is 5.32 Å². The molecule has 0 spiro atoms. The van der Waals surface area contributed by atoms with Crippen LogP contribution in [0.15, 0.2) is 59.5 Å². The first kappa shape index (κ1) is 15.7. The number of hydrogen-bond acceptors (Lipinski definition) is 3. The van der Waals surface area contributed by atoms with Crippen molar-refractivity contribution in [3.05, 3.63) is 65.7 Å². The molecule has 0 aliphatic carbocycles. The summed E-state index contributed by atoms with van der Waals surface area (Å²) in [5.74, 6) is 0.828. The van der Waals surface area contributed by atoms with E-state index in [1.165, 1.54) is 4.90 Å². The second kappa shape index (κ2) is 7.38. The van der Waals surface area contributed by atoms with E-state index >= 15 is 0 Å². The monoisotopic (exact) mass is 325 g/mol. The average Bonchev–Trinajstić information content (AvgIpc) is 2.60. The van der Waals surface area contributed by atoms with Crippen LogP contribution < -0.4 is 10.1 Å². The molecule has 0 radical (unpaired) electrons. The van der Waals surface area contributed by atoms with Crippen LogP contribution in [-0.4, -0.2) is 24.8 Å². The molecule has 0 saturated heterocycles. The quantitative estimate of drug-likeness (QED) is 0.690. The van der Waals surface area contributed by atoms with E-state index in [1.54, 1.807) is 17.8 Å². The zero-order chi connectivity index (χ0) is 16.1. The molecular weight excluding hydrogens is 306 g/mol. The smallest absolute Gasteiger partial charge is 0.244 e. The summed E-state index contributed by atoms with van der Waals surface area (Å²) >= 11 is 1.70. The molecular formula is C19H19NO2S. The van der Waals surface area contributed by atoms with Crippen LogP contribution in [0.2, 0.25) is 0 Å². The lowest BCUT2D eigenvalue weighted by atomic mass is 10.0. The lowest BCUT2D eigenvalue weighted by Gasteiger charge is -2.25. The van der Waals surface area contributed by atoms with Gasteiger partial charge in [-0.15, -0.1) is 11.8 Å². The van der Waals surface area contributed by atoms with Gasteiger partial charge in [-0.25, -0.2) is 0 Å². The third-order valence-corrected chi connectivity index (χ3v) is 4.51. The molecule has 2 aromatic carbocycles. The van der Waals surface area contributed by atoms with Crippen molar-refractivity contribution < 1.29 is 9.53 Å². The molecule has 1 atom stereocenters. The molecule has 118 valence electrons. The Balaban J connectivity index is 1.56. The first-order valence-electron chi connectivity index (χ1n) is 7.58. The third kappa shape index (κ3) is 4.17. The molecule has 3 nitrogen and oxygen atoms in total. The lowest BCUT2D eigenvalue weighted by molar-refractivity contribution is -0.117. The molecule has 0 bridgehead atoms. The number of carbonyl (C=O) groups is 1. The number of rotatable bonds is 4. The molecule has 1 aliphatic heterocycles. The van der Waals surface area contributed by atoms with Crippen molar-refractivity contribution in [2.45, 2.75) is 17.4 Å². The van der Waals surface area contributed by atoms with Gasteiger partial charge < -0.3 is 10.1 Å². The highest BCUT2D eigenvalue weighted by Gasteiger charge is 2.20. The Kier molecular flexibility index (Phi) is 5.03. The number of hydrogen-bond donors (Lipinski definition) is 1. The van der Waals surface area contributed by atoms with Crippen LogP contribution in [0.5, 0.6) is 5.75 Å². The van der Waals surface area contributed by atoms with Gasteiger partial charge in [-0.05, 0) is 48.1 Å². The average molecular weight is 325 g/mol. The molecule has 23 heavy (non-hydrogen) atoms. The zero-order valence-electron chi connectivity index (χ0n) is 13.0. The predicted molar refractivity (Wildman–Crippen MR) is 94.8 cm³/mol. The highest BCUT2D eigenvalue weighted by atomic mass is 32.2. The Bertz CT molecular complexity index is 710. The maximum absolute atomic E-state index is 12.1. The number of nitrogens with one attached hydrogen (secondary N) is 1. The van der Waals surface area contributed by atoms with Gasteiger partial charge in [-0.2, -0.15) is 0 Å². The van der Waals surface area contributed by atoms with Gasteiger partial charge in [0.1, 0.15) is 12.4 Å². The van der Waals surface area contributed by atoms with Crippen LogP contribution in [0.4, 0.5) is 0 Å². The molecule has 4 heteroatoms. The van der Waals surface area contributed by atoms with E-state index in [-0.39, 0.29) is 11.9 Å². The van der Waals surface area contributed by atoms with Crippen LogP contribution in [0.25, 0.3) is 6.08 Å². The summed E-state index contributed by atoms with van der Waals surface area (Å²) < 4.78 is 5.68. The van der Waals surface area contributed by atoms with Gasteiger partial charge >= 0.3 is 0 Å². The fraction of sp³-hybridized carbons (Fsp3) is 0.211. The molecule has 1 amide bonds. The van der Waals surface area contributed by atoms with Crippen molar-refractivity contribution in [2.24, 2.45) is 0 Å². The molecule has 3 rings (SSSR count). The van der Waals surface area contributed by atoms with Gasteiger partial charge in [-0.1, -0.05) is 30.3 Å². The van der Waals surface area contributed by atoms with Crippen molar-refractivity contribution in [1.29, 1.82) is 0 Å². The van der Waals surface area contributed by atoms with Crippen LogP contribution in [0, 0.1) is 0 Å². The minimum atomic E-state index is -0.0908. The largest absolute Gasteiger partial charge is 0.491 e. The molecule has 1 aliphatic rings. The Morgan fingerprint density at radius 2 is 2.00 bits per heavy atom. The van der Waals surface area contributed by atoms with Crippen LogP contribution in [0.3, 0.4) is 0 Å². The number of benzene rings is 2. The lowest BCUT2D eigenvalue weighted by Crippen LogP contribution is -2.42. The normalized spacial score (nSPS) is 16.7. The highest BCUT2D eigenvalue weighted by Crippen LogP contribution is 2.23. The van der Waals surface area contributed by atoms with Gasteiger partial charge in [0.05, 0.1) is 6.04 Å². The first-order chi connectivity index (χ1) is 11.2. The Labute approximate surface area is 140 Å². The fourth-order valence-corrected chi connectivity index (χ4v) is 2.97. The van der Waals surface area contributed by atoms with Gasteiger partial charge in [0.15, 0.2) is 0 Å². The summed E-state index contributed by atoms with van der Waals surface area (Å²) in [4.78, 5) is 13.3. The van der Waals surface area contributed by atoms with Crippen molar-refractivity contribution in [2.75, 3.05) is 12.9 Å². The third-order valence-electron chi connectivity index (χ3n) is 3.77. The molecule has 0 saturated carbocycles. The summed E-state index contributed by atoms with van der Waals surface area (Å²) in [5.41, 5.74) is 2.16. The summed E-state index contributed by atoms with van der Waals surface area (Å²) in [6.07, 6.45) is 6.26. The topological polar surface area (TPSA) is 38.3 Å². The highest BCUT2D eigenvalue weighted by molar-refractivity contribution is 7.98. The number of para-hydroxylation sites is 1. The van der Waals surface area contributed by atoms with Gasteiger partial charge in [0.2, 0.25) is 5.91 Å². The van der Waals surface area contributed by atoms with E-state index in [0.717, 1.165) is 23.3 Å². The second-order valence-electron chi connectivity index (χ2n) is 5.43. The van der Waals surface area contributed by atoms with E-state index < -0.39 is 0 Å². The standard InChI is InChI=1S/C19H19NO2S/c1-23-17-9-6-14(7-10-17)8-11-19(21)20-16-12-15-4-2-3-5-18(15)22-13-16/h2-11,16H,12-13H2,1H3,(H,20,21)/b11-8+. The number of fused-ring (bicyclic) bond motifs is 1. The fourth-order valence-electron chi connectivity index (χ4n) is 2.56. The molecule has 2 aromatic rings. The Hall–Kier alpha value is -2.20. The SMILES string of the molecule is CSc1ccc(/C=C/C(=O)NC2COc3ccccc3C2)cc1. The molecule has 1 N–H and O–H groups in total. The van der Waals surface area contributed by atoms with Gasteiger partial charge in [0.25, 0.3) is 0 Å². The summed E-state index contributed by atoms with van der Waals surface area (Å²) in [6.45, 7) is 0.513. The molecule has 1 unspecified atom stereocenters. The first-order valence-corrected chi connectivity index (χ1v) is 8.80. The van der Waals surface area contributed by atoms with Gasteiger partial charge in [0, 0.05) is 11.0 Å². The zero-order valence-corrected chi connectivity index (χ0v) is 13.8. The van der Waals surface area contributed by atoms with Gasteiger partial charge in [-0.3, -0.25) is 4.79 Å². The van der Waals surface area contributed by atoms with Crippen molar-refractivity contribution in [3.8, 4) is 5.75 Å². The molecule has 1 heterocycles. The summed E-state index contributed by atoms with van der Waals surface area (Å²) in [5, 5.41) is 3.00. The molecule has 0 aromatic heterocycles. The van der Waals surface area contributed by atoms with E-state index in [0.29, 0.717) is 6.61 Å². The second-order valence-corrected chi connectivity index (χ2v) is 6.31. The maximum atomic E-state index is 12.1. The number of ether oxygens (including phenoxy) is 1. The Morgan fingerprint density at radius 3 is 2.78 bits per heavy atom. The number of carbonyl (C=O) groups excluding carboxylic acids is 1. The van der Waals surface area contributed by atoms with Crippen molar-refractivity contribution in [1.82, 2.24) is 5.32 Å². The van der Waals surface area contributed by atoms with E-state index in [1.807, 2.05) is 60.9 Å². The van der Waals surface area contributed by atoms with Crippen LogP contribution in [-0.2, 0) is 11.2 Å². The van der Waals surface area contributed by atoms with E-state index in [9.17, 15) is 4.79 Å². The number of amides is 1. The van der Waals surface area contributed by atoms with Crippen molar-refractivity contribution in [3.63, 3.8) is 0 Å². The molecule has 0 fully saturated rings. The predicted octanol–water partition coefficient (Wildman–Crippen LogP) is 3.54. The van der Waals surface area contributed by atoms with Crippen LogP contribution >= 0.6 is 11.8 Å². The minimum Gasteiger partial charge on any atom is -0.491 e. The van der Waals surface area contributed by atoms with Crippen molar-refractivity contribution >= 4 is 23.7 Å². The maximum Gasteiger partial charge on any atom is 0.244 e. The van der Waals surface area contributed by atoms with Crippen LogP contribution in [0.1, 0.15) is 11.1 Å². The summed E-state index contributed by atoms with van der Waals surface area (Å²) in [6, 6.07) is 16.1. The minimum absolute atomic E-state index is 0.0147. The van der Waals surface area contributed by atoms with E-state index in [4.69, 9.17) is 4.74 Å². The summed E-state index contributed by atoms with van der Waals surface area (Å²) in [7, 11) is 0. The Morgan fingerprint density at radius 1 is 1.22 bits per heavy atom.